The van der Waals surface area contributed by atoms with Crippen LogP contribution >= 0.6 is 0 Å². The Kier molecular flexibility index (Phi) is 4.13. The van der Waals surface area contributed by atoms with Crippen molar-refractivity contribution in [2.45, 2.75) is 57.3 Å². The monoisotopic (exact) mass is 290 g/mol. The summed E-state index contributed by atoms with van der Waals surface area (Å²) in [6.07, 6.45) is 1.81. The molecular weight excluding hydrogens is 268 g/mol. The molecule has 0 amide bonds. The average Bonchev–Trinajstić information content (AvgIpc) is 2.90. The summed E-state index contributed by atoms with van der Waals surface area (Å²) in [7, 11) is 0. The summed E-state index contributed by atoms with van der Waals surface area (Å²) < 4.78 is 23.7. The molecule has 1 aromatic carbocycles. The standard InChI is InChI=1S/C17H22O4/c1-4-8-13-14(18-11-12-9-6-5-7-10-12)15-16(19-13)21-17(2,3)20-15/h4-7,9-10,13-16H,1,8,11H2,2-3H3/t13-,14+,15?,16-/m1/s1. The summed E-state index contributed by atoms with van der Waals surface area (Å²) in [5, 5.41) is 0. The molecule has 0 aliphatic carbocycles. The molecule has 2 aliphatic heterocycles. The lowest BCUT2D eigenvalue weighted by atomic mass is 10.1. The van der Waals surface area contributed by atoms with Crippen LogP contribution in [-0.2, 0) is 25.6 Å². The van der Waals surface area contributed by atoms with E-state index in [1.165, 1.54) is 0 Å². The highest BCUT2D eigenvalue weighted by atomic mass is 16.8. The van der Waals surface area contributed by atoms with Crippen molar-refractivity contribution in [1.29, 1.82) is 0 Å². The van der Waals surface area contributed by atoms with Crippen LogP contribution in [0.1, 0.15) is 25.8 Å². The number of benzene rings is 1. The third kappa shape index (κ3) is 3.19. The van der Waals surface area contributed by atoms with Crippen LogP contribution in [0.25, 0.3) is 0 Å². The fourth-order valence-electron chi connectivity index (χ4n) is 2.87. The van der Waals surface area contributed by atoms with Crippen molar-refractivity contribution in [2.24, 2.45) is 0 Å². The first-order valence-corrected chi connectivity index (χ1v) is 7.36. The van der Waals surface area contributed by atoms with Crippen LogP contribution in [0.5, 0.6) is 0 Å². The zero-order chi connectivity index (χ0) is 14.9. The first kappa shape index (κ1) is 14.7. The molecule has 0 aromatic heterocycles. The van der Waals surface area contributed by atoms with Crippen LogP contribution in [0.3, 0.4) is 0 Å². The molecule has 114 valence electrons. The van der Waals surface area contributed by atoms with Gasteiger partial charge in [-0.15, -0.1) is 6.58 Å². The van der Waals surface area contributed by atoms with E-state index < -0.39 is 5.79 Å². The van der Waals surface area contributed by atoms with Crippen LogP contribution in [0, 0.1) is 0 Å². The molecule has 2 fully saturated rings. The molecule has 0 saturated carbocycles. The average molecular weight is 290 g/mol. The lowest BCUT2D eigenvalue weighted by Crippen LogP contribution is -2.36. The van der Waals surface area contributed by atoms with Gasteiger partial charge in [0.15, 0.2) is 12.1 Å². The number of rotatable bonds is 5. The lowest BCUT2D eigenvalue weighted by Gasteiger charge is -2.25. The Labute approximate surface area is 125 Å². The Morgan fingerprint density at radius 3 is 2.71 bits per heavy atom. The normalized spacial score (nSPS) is 33.8. The molecule has 0 radical (unpaired) electrons. The molecule has 4 atom stereocenters. The van der Waals surface area contributed by atoms with E-state index in [9.17, 15) is 0 Å². The molecule has 0 spiro atoms. The highest BCUT2D eigenvalue weighted by Gasteiger charge is 2.54. The van der Waals surface area contributed by atoms with Crippen LogP contribution in [0.2, 0.25) is 0 Å². The quantitative estimate of drug-likeness (QED) is 0.781. The van der Waals surface area contributed by atoms with Gasteiger partial charge in [-0.3, -0.25) is 0 Å². The molecule has 2 saturated heterocycles. The Morgan fingerprint density at radius 1 is 1.24 bits per heavy atom. The fourth-order valence-corrected chi connectivity index (χ4v) is 2.87. The van der Waals surface area contributed by atoms with Gasteiger partial charge in [-0.05, 0) is 25.8 Å². The minimum atomic E-state index is -0.622. The largest absolute Gasteiger partial charge is 0.368 e. The zero-order valence-corrected chi connectivity index (χ0v) is 12.5. The highest BCUT2D eigenvalue weighted by Crippen LogP contribution is 2.39. The van der Waals surface area contributed by atoms with Gasteiger partial charge in [0.1, 0.15) is 12.2 Å². The third-order valence-electron chi connectivity index (χ3n) is 3.77. The van der Waals surface area contributed by atoms with Gasteiger partial charge >= 0.3 is 0 Å². The van der Waals surface area contributed by atoms with E-state index in [0.717, 1.165) is 12.0 Å². The summed E-state index contributed by atoms with van der Waals surface area (Å²) in [5.41, 5.74) is 1.14. The second kappa shape index (κ2) is 5.89. The van der Waals surface area contributed by atoms with Crippen LogP contribution in [-0.4, -0.2) is 30.4 Å². The molecule has 0 bridgehead atoms. The van der Waals surface area contributed by atoms with E-state index in [1.807, 2.05) is 50.3 Å². The van der Waals surface area contributed by atoms with Crippen molar-refractivity contribution in [1.82, 2.24) is 0 Å². The smallest absolute Gasteiger partial charge is 0.190 e. The van der Waals surface area contributed by atoms with Gasteiger partial charge < -0.3 is 18.9 Å². The SMILES string of the molecule is C=CC[C@H]1O[C@@H]2OC(C)(C)OC2[C@H]1OCc1ccccc1. The maximum atomic E-state index is 6.08. The summed E-state index contributed by atoms with van der Waals surface area (Å²) >= 11 is 0. The zero-order valence-electron chi connectivity index (χ0n) is 12.5. The van der Waals surface area contributed by atoms with Crippen molar-refractivity contribution in [3.8, 4) is 0 Å². The van der Waals surface area contributed by atoms with E-state index in [2.05, 4.69) is 6.58 Å². The second-order valence-electron chi connectivity index (χ2n) is 5.93. The van der Waals surface area contributed by atoms with Gasteiger partial charge in [-0.2, -0.15) is 0 Å². The summed E-state index contributed by atoms with van der Waals surface area (Å²) in [6, 6.07) is 10.1. The Balaban J connectivity index is 1.68. The van der Waals surface area contributed by atoms with Crippen molar-refractivity contribution in [3.05, 3.63) is 48.6 Å². The molecule has 21 heavy (non-hydrogen) atoms. The Morgan fingerprint density at radius 2 is 2.00 bits per heavy atom. The van der Waals surface area contributed by atoms with Crippen LogP contribution in [0.4, 0.5) is 0 Å². The fraction of sp³-hybridized carbons (Fsp3) is 0.529. The molecule has 0 N–H and O–H groups in total. The summed E-state index contributed by atoms with van der Waals surface area (Å²) in [4.78, 5) is 0. The third-order valence-corrected chi connectivity index (χ3v) is 3.77. The number of hydrogen-bond acceptors (Lipinski definition) is 4. The van der Waals surface area contributed by atoms with Crippen LogP contribution < -0.4 is 0 Å². The van der Waals surface area contributed by atoms with E-state index in [0.29, 0.717) is 6.61 Å². The molecule has 2 aliphatic rings. The molecule has 2 heterocycles. The predicted molar refractivity (Wildman–Crippen MR) is 78.5 cm³/mol. The van der Waals surface area contributed by atoms with Gasteiger partial charge in [-0.1, -0.05) is 36.4 Å². The van der Waals surface area contributed by atoms with Crippen molar-refractivity contribution < 1.29 is 18.9 Å². The number of ether oxygens (including phenoxy) is 4. The molecule has 4 nitrogen and oxygen atoms in total. The maximum Gasteiger partial charge on any atom is 0.190 e. The predicted octanol–water partition coefficient (Wildman–Crippen LogP) is 3.02. The summed E-state index contributed by atoms with van der Waals surface area (Å²) in [6.45, 7) is 8.11. The first-order chi connectivity index (χ1) is 10.1. The first-order valence-electron chi connectivity index (χ1n) is 7.36. The van der Waals surface area contributed by atoms with Gasteiger partial charge in [0.25, 0.3) is 0 Å². The lowest BCUT2D eigenvalue weighted by molar-refractivity contribution is -0.218. The van der Waals surface area contributed by atoms with Gasteiger partial charge in [0.05, 0.1) is 12.7 Å². The Hall–Kier alpha value is -1.20. The van der Waals surface area contributed by atoms with E-state index >= 15 is 0 Å². The number of fused-ring (bicyclic) bond motifs is 1. The molecule has 4 heteroatoms. The van der Waals surface area contributed by atoms with Gasteiger partial charge in [0, 0.05) is 0 Å². The van der Waals surface area contributed by atoms with E-state index in [1.54, 1.807) is 0 Å². The topological polar surface area (TPSA) is 36.9 Å². The minimum Gasteiger partial charge on any atom is -0.368 e. The van der Waals surface area contributed by atoms with Crippen molar-refractivity contribution >= 4 is 0 Å². The molecule has 1 unspecified atom stereocenters. The van der Waals surface area contributed by atoms with Gasteiger partial charge in [-0.25, -0.2) is 0 Å². The van der Waals surface area contributed by atoms with Crippen molar-refractivity contribution in [2.75, 3.05) is 0 Å². The van der Waals surface area contributed by atoms with Crippen LogP contribution in [0.15, 0.2) is 43.0 Å². The van der Waals surface area contributed by atoms with E-state index in [4.69, 9.17) is 18.9 Å². The molecular formula is C17H22O4. The molecule has 3 rings (SSSR count). The van der Waals surface area contributed by atoms with Gasteiger partial charge in [0.2, 0.25) is 0 Å². The van der Waals surface area contributed by atoms with Crippen molar-refractivity contribution in [3.63, 3.8) is 0 Å². The van der Waals surface area contributed by atoms with E-state index in [-0.39, 0.29) is 24.6 Å². The number of hydrogen-bond donors (Lipinski definition) is 0. The maximum absolute atomic E-state index is 6.08. The highest BCUT2D eigenvalue weighted by molar-refractivity contribution is 5.13. The molecule has 1 aromatic rings. The second-order valence-corrected chi connectivity index (χ2v) is 5.93. The Bertz CT molecular complexity index is 485. The minimum absolute atomic E-state index is 0.0719. The summed E-state index contributed by atoms with van der Waals surface area (Å²) in [5.74, 6) is -0.622.